The van der Waals surface area contributed by atoms with Crippen LogP contribution in [0.15, 0.2) is 12.1 Å². The Hall–Kier alpha value is -1.66. The lowest BCUT2D eigenvalue weighted by Crippen LogP contribution is -2.29. The Morgan fingerprint density at radius 1 is 1.23 bits per heavy atom. The molecule has 1 amide bonds. The number of methoxy groups -OCH3 is 3. The van der Waals surface area contributed by atoms with Crippen molar-refractivity contribution in [2.75, 3.05) is 41.0 Å². The number of likely N-dealkylation sites (tertiary alicyclic amines) is 1. The molecule has 2 rings (SSSR count). The number of nitrogens with zero attached hydrogens (tertiary/aromatic N) is 1. The van der Waals surface area contributed by atoms with Crippen molar-refractivity contribution in [2.24, 2.45) is 11.7 Å². The molecule has 22 heavy (non-hydrogen) atoms. The van der Waals surface area contributed by atoms with Crippen molar-refractivity contribution in [3.05, 3.63) is 17.7 Å². The summed E-state index contributed by atoms with van der Waals surface area (Å²) in [6.07, 6.45) is 0.951. The van der Waals surface area contributed by atoms with Crippen LogP contribution >= 0.6 is 12.4 Å². The number of halogens is 1. The molecular weight excluding hydrogens is 308 g/mol. The number of ether oxygens (including phenoxy) is 3. The molecule has 124 valence electrons. The number of benzene rings is 1. The average Bonchev–Trinajstić information content (AvgIpc) is 3.01. The molecule has 1 aliphatic heterocycles. The van der Waals surface area contributed by atoms with E-state index in [1.807, 2.05) is 4.90 Å². The Labute approximate surface area is 136 Å². The Kier molecular flexibility index (Phi) is 6.77. The maximum Gasteiger partial charge on any atom is 0.254 e. The molecule has 7 heteroatoms. The maximum atomic E-state index is 12.6. The van der Waals surface area contributed by atoms with Crippen molar-refractivity contribution >= 4 is 18.3 Å². The van der Waals surface area contributed by atoms with Crippen molar-refractivity contribution < 1.29 is 19.0 Å². The van der Waals surface area contributed by atoms with Gasteiger partial charge in [-0.15, -0.1) is 12.4 Å². The first-order chi connectivity index (χ1) is 10.1. The number of carbonyl (C=O) groups excluding carboxylic acids is 1. The van der Waals surface area contributed by atoms with Crippen LogP contribution in [0.2, 0.25) is 0 Å². The molecule has 1 atom stereocenters. The van der Waals surface area contributed by atoms with Gasteiger partial charge in [0.15, 0.2) is 11.5 Å². The number of hydrogen-bond donors (Lipinski definition) is 1. The largest absolute Gasteiger partial charge is 0.493 e. The molecule has 1 heterocycles. The van der Waals surface area contributed by atoms with Gasteiger partial charge in [0, 0.05) is 18.7 Å². The van der Waals surface area contributed by atoms with E-state index in [0.29, 0.717) is 41.8 Å². The van der Waals surface area contributed by atoms with E-state index in [-0.39, 0.29) is 18.3 Å². The lowest BCUT2D eigenvalue weighted by molar-refractivity contribution is 0.0787. The number of rotatable bonds is 5. The van der Waals surface area contributed by atoms with Gasteiger partial charge < -0.3 is 24.8 Å². The normalized spacial score (nSPS) is 16.9. The Morgan fingerprint density at radius 2 is 1.82 bits per heavy atom. The summed E-state index contributed by atoms with van der Waals surface area (Å²) in [5.74, 6) is 1.79. The standard InChI is InChI=1S/C15H22N2O4.ClH/c1-19-12-6-11(7-13(20-2)14(12)21-3)15(18)17-5-4-10(8-16)9-17;/h6-7,10H,4-5,8-9,16H2,1-3H3;1H. The predicted molar refractivity (Wildman–Crippen MR) is 86.4 cm³/mol. The second-order valence-electron chi connectivity index (χ2n) is 5.06. The second-order valence-corrected chi connectivity index (χ2v) is 5.06. The summed E-state index contributed by atoms with van der Waals surface area (Å²) < 4.78 is 15.8. The number of carbonyl (C=O) groups is 1. The third kappa shape index (κ3) is 3.56. The molecule has 0 bridgehead atoms. The van der Waals surface area contributed by atoms with Crippen LogP contribution in [-0.4, -0.2) is 51.8 Å². The summed E-state index contributed by atoms with van der Waals surface area (Å²) in [6, 6.07) is 3.36. The van der Waals surface area contributed by atoms with Gasteiger partial charge in [0.25, 0.3) is 5.91 Å². The lowest BCUT2D eigenvalue weighted by Gasteiger charge is -2.18. The zero-order valence-corrected chi connectivity index (χ0v) is 13.9. The molecule has 1 aromatic carbocycles. The molecule has 1 fully saturated rings. The molecule has 6 nitrogen and oxygen atoms in total. The van der Waals surface area contributed by atoms with Gasteiger partial charge in [-0.2, -0.15) is 0 Å². The first kappa shape index (κ1) is 18.4. The van der Waals surface area contributed by atoms with Crippen LogP contribution in [-0.2, 0) is 0 Å². The molecule has 1 unspecified atom stereocenters. The van der Waals surface area contributed by atoms with Crippen LogP contribution in [0.5, 0.6) is 17.2 Å². The minimum atomic E-state index is -0.0368. The van der Waals surface area contributed by atoms with Gasteiger partial charge in [0.1, 0.15) is 0 Å². The summed E-state index contributed by atoms with van der Waals surface area (Å²) in [4.78, 5) is 14.4. The molecule has 1 aromatic rings. The molecule has 0 radical (unpaired) electrons. The maximum absolute atomic E-state index is 12.6. The van der Waals surface area contributed by atoms with Crippen molar-refractivity contribution in [1.82, 2.24) is 4.90 Å². The zero-order chi connectivity index (χ0) is 15.4. The summed E-state index contributed by atoms with van der Waals surface area (Å²) in [5.41, 5.74) is 6.20. The van der Waals surface area contributed by atoms with Crippen LogP contribution in [0, 0.1) is 5.92 Å². The lowest BCUT2D eigenvalue weighted by atomic mass is 10.1. The van der Waals surface area contributed by atoms with Crippen LogP contribution in [0.25, 0.3) is 0 Å². The third-order valence-electron chi connectivity index (χ3n) is 3.82. The molecule has 0 aromatic heterocycles. The first-order valence-corrected chi connectivity index (χ1v) is 6.93. The second kappa shape index (κ2) is 8.10. The minimum absolute atomic E-state index is 0. The van der Waals surface area contributed by atoms with Crippen LogP contribution in [0.4, 0.5) is 0 Å². The average molecular weight is 331 g/mol. The van der Waals surface area contributed by atoms with Gasteiger partial charge in [-0.1, -0.05) is 0 Å². The highest BCUT2D eigenvalue weighted by atomic mass is 35.5. The van der Waals surface area contributed by atoms with Gasteiger partial charge in [0.05, 0.1) is 21.3 Å². The van der Waals surface area contributed by atoms with Gasteiger partial charge in [-0.05, 0) is 31.0 Å². The summed E-state index contributed by atoms with van der Waals surface area (Å²) in [5, 5.41) is 0. The molecule has 0 aliphatic carbocycles. The SMILES string of the molecule is COc1cc(C(=O)N2CCC(CN)C2)cc(OC)c1OC.Cl. The molecule has 0 spiro atoms. The van der Waals surface area contributed by atoms with E-state index < -0.39 is 0 Å². The van der Waals surface area contributed by atoms with Gasteiger partial charge in [-0.3, -0.25) is 4.79 Å². The smallest absolute Gasteiger partial charge is 0.254 e. The summed E-state index contributed by atoms with van der Waals surface area (Å²) >= 11 is 0. The highest BCUT2D eigenvalue weighted by molar-refractivity contribution is 5.95. The molecular formula is C15H23ClN2O4. The highest BCUT2D eigenvalue weighted by Gasteiger charge is 2.27. The molecule has 0 saturated carbocycles. The topological polar surface area (TPSA) is 74.0 Å². The van der Waals surface area contributed by atoms with Crippen molar-refractivity contribution in [2.45, 2.75) is 6.42 Å². The zero-order valence-electron chi connectivity index (χ0n) is 13.1. The summed E-state index contributed by atoms with van der Waals surface area (Å²) in [6.45, 7) is 2.04. The molecule has 2 N–H and O–H groups in total. The predicted octanol–water partition coefficient (Wildman–Crippen LogP) is 1.55. The Balaban J connectivity index is 0.00000242. The van der Waals surface area contributed by atoms with Gasteiger partial charge in [0.2, 0.25) is 5.75 Å². The fourth-order valence-electron chi connectivity index (χ4n) is 2.60. The summed E-state index contributed by atoms with van der Waals surface area (Å²) in [7, 11) is 4.60. The van der Waals surface area contributed by atoms with E-state index in [4.69, 9.17) is 19.9 Å². The fraction of sp³-hybridized carbons (Fsp3) is 0.533. The minimum Gasteiger partial charge on any atom is -0.493 e. The van der Waals surface area contributed by atoms with Crippen LogP contribution < -0.4 is 19.9 Å². The van der Waals surface area contributed by atoms with E-state index in [1.165, 1.54) is 21.3 Å². The third-order valence-corrected chi connectivity index (χ3v) is 3.82. The number of nitrogens with two attached hydrogens (primary N) is 1. The monoisotopic (exact) mass is 330 g/mol. The number of amides is 1. The van der Waals surface area contributed by atoms with E-state index in [0.717, 1.165) is 13.0 Å². The molecule has 1 aliphatic rings. The van der Waals surface area contributed by atoms with Crippen molar-refractivity contribution in [1.29, 1.82) is 0 Å². The van der Waals surface area contributed by atoms with E-state index in [1.54, 1.807) is 12.1 Å². The van der Waals surface area contributed by atoms with Crippen molar-refractivity contribution in [3.63, 3.8) is 0 Å². The Bertz CT molecular complexity index is 499. The first-order valence-electron chi connectivity index (χ1n) is 6.93. The number of hydrogen-bond acceptors (Lipinski definition) is 5. The van der Waals surface area contributed by atoms with E-state index in [9.17, 15) is 4.79 Å². The van der Waals surface area contributed by atoms with E-state index >= 15 is 0 Å². The molecule has 1 saturated heterocycles. The van der Waals surface area contributed by atoms with Crippen LogP contribution in [0.3, 0.4) is 0 Å². The quantitative estimate of drug-likeness (QED) is 0.886. The van der Waals surface area contributed by atoms with Gasteiger partial charge in [-0.25, -0.2) is 0 Å². The fourth-order valence-corrected chi connectivity index (χ4v) is 2.60. The van der Waals surface area contributed by atoms with Crippen LogP contribution in [0.1, 0.15) is 16.8 Å². The van der Waals surface area contributed by atoms with Crippen molar-refractivity contribution in [3.8, 4) is 17.2 Å². The Morgan fingerprint density at radius 3 is 2.23 bits per heavy atom. The highest BCUT2D eigenvalue weighted by Crippen LogP contribution is 2.38. The van der Waals surface area contributed by atoms with E-state index in [2.05, 4.69) is 0 Å². The van der Waals surface area contributed by atoms with Gasteiger partial charge >= 0.3 is 0 Å².